The molecule has 1 aliphatic rings. The van der Waals surface area contributed by atoms with E-state index < -0.39 is 30.3 Å². The van der Waals surface area contributed by atoms with E-state index in [1.165, 1.54) is 31.6 Å². The summed E-state index contributed by atoms with van der Waals surface area (Å²) in [7, 11) is 2.76. The van der Waals surface area contributed by atoms with Crippen LogP contribution >= 0.6 is 11.3 Å². The molecule has 1 aliphatic heterocycles. The number of imide groups is 2. The minimum absolute atomic E-state index is 0.0324. The van der Waals surface area contributed by atoms with Crippen LogP contribution in [0.4, 0.5) is 10.7 Å². The smallest absolute Gasteiger partial charge is 0.335 e. The molecule has 11 nitrogen and oxygen atoms in total. The lowest BCUT2D eigenvalue weighted by Gasteiger charge is -2.14. The zero-order valence-corrected chi connectivity index (χ0v) is 15.7. The number of hydrogen-bond donors (Lipinski definition) is 1. The number of carbonyl (C=O) groups excluding carboxylic acids is 4. The van der Waals surface area contributed by atoms with Crippen molar-refractivity contribution in [2.24, 2.45) is 0 Å². The van der Waals surface area contributed by atoms with Crippen LogP contribution in [-0.2, 0) is 20.9 Å². The Morgan fingerprint density at radius 3 is 2.32 bits per heavy atom. The number of nitrogens with zero attached hydrogens (tertiary/aromatic N) is 4. The Labute approximate surface area is 162 Å². The highest BCUT2D eigenvalue weighted by Crippen LogP contribution is 2.20. The van der Waals surface area contributed by atoms with Crippen molar-refractivity contribution in [3.63, 3.8) is 0 Å². The molecule has 3 rings (SSSR count). The van der Waals surface area contributed by atoms with Gasteiger partial charge in [0.2, 0.25) is 23.6 Å². The van der Waals surface area contributed by atoms with Gasteiger partial charge in [0.15, 0.2) is 0 Å². The zero-order chi connectivity index (χ0) is 20.3. The molecule has 0 atom stereocenters. The number of anilines is 1. The van der Waals surface area contributed by atoms with Crippen LogP contribution in [0.25, 0.3) is 0 Å². The molecule has 0 unspecified atom stereocenters. The zero-order valence-electron chi connectivity index (χ0n) is 14.9. The Morgan fingerprint density at radius 2 is 1.75 bits per heavy atom. The molecule has 12 heteroatoms. The average Bonchev–Trinajstić information content (AvgIpc) is 3.27. The number of methoxy groups -OCH3 is 2. The molecule has 1 fully saturated rings. The van der Waals surface area contributed by atoms with E-state index in [4.69, 9.17) is 9.47 Å². The molecule has 0 aromatic carbocycles. The normalized spacial score (nSPS) is 13.9. The van der Waals surface area contributed by atoms with Crippen LogP contribution in [0, 0.1) is 0 Å². The van der Waals surface area contributed by atoms with Crippen molar-refractivity contribution in [3.8, 4) is 11.8 Å². The summed E-state index contributed by atoms with van der Waals surface area (Å²) >= 11 is 1.34. The minimum atomic E-state index is -1.07. The summed E-state index contributed by atoms with van der Waals surface area (Å²) in [6.45, 7) is -0.692. The fraction of sp³-hybridized carbons (Fsp3) is 0.250. The molecule has 0 radical (unpaired) electrons. The molecule has 2 aromatic heterocycles. The lowest BCUT2D eigenvalue weighted by molar-refractivity contribution is -0.143. The molecular weight excluding hydrogens is 390 g/mol. The first-order valence-electron chi connectivity index (χ1n) is 7.89. The first-order chi connectivity index (χ1) is 13.4. The third kappa shape index (κ3) is 3.91. The quantitative estimate of drug-likeness (QED) is 0.520. The second-order valence-electron chi connectivity index (χ2n) is 5.47. The molecule has 5 amide bonds. The summed E-state index contributed by atoms with van der Waals surface area (Å²) in [6.07, 6.45) is 0. The summed E-state index contributed by atoms with van der Waals surface area (Å²) in [5.41, 5.74) is 0. The van der Waals surface area contributed by atoms with Gasteiger partial charge in [-0.2, -0.15) is 9.97 Å². The fourth-order valence-electron chi connectivity index (χ4n) is 2.36. The van der Waals surface area contributed by atoms with Crippen LogP contribution in [0.15, 0.2) is 23.6 Å². The highest BCUT2D eigenvalue weighted by Gasteiger charge is 2.45. The van der Waals surface area contributed by atoms with E-state index >= 15 is 0 Å². The van der Waals surface area contributed by atoms with Crippen molar-refractivity contribution in [1.29, 1.82) is 0 Å². The first kappa shape index (κ1) is 19.2. The molecule has 146 valence electrons. The third-order valence-electron chi connectivity index (χ3n) is 3.68. The fourth-order valence-corrected chi connectivity index (χ4v) is 3.06. The maximum Gasteiger partial charge on any atom is 0.335 e. The van der Waals surface area contributed by atoms with Gasteiger partial charge in [-0.25, -0.2) is 9.69 Å². The lowest BCUT2D eigenvalue weighted by atomic mass is 10.4. The average molecular weight is 405 g/mol. The second kappa shape index (κ2) is 8.00. The van der Waals surface area contributed by atoms with Gasteiger partial charge < -0.3 is 9.47 Å². The number of urea groups is 1. The SMILES string of the molecule is COc1cc(OC)nc(NC(=O)CN2C(=O)C(=O)N(Cc3cccs3)C2=O)n1. The van der Waals surface area contributed by atoms with E-state index in [1.54, 1.807) is 17.5 Å². The summed E-state index contributed by atoms with van der Waals surface area (Å²) in [4.78, 5) is 58.8. The van der Waals surface area contributed by atoms with Crippen LogP contribution in [0.2, 0.25) is 0 Å². The van der Waals surface area contributed by atoms with Crippen molar-refractivity contribution in [2.45, 2.75) is 6.54 Å². The van der Waals surface area contributed by atoms with Gasteiger partial charge in [-0.3, -0.25) is 24.6 Å². The number of carbonyl (C=O) groups is 4. The van der Waals surface area contributed by atoms with Crippen molar-refractivity contribution < 1.29 is 28.7 Å². The van der Waals surface area contributed by atoms with Gasteiger partial charge in [-0.05, 0) is 11.4 Å². The standard InChI is InChI=1S/C16H15N5O6S/c1-26-11-6-12(27-2)19-15(18-11)17-10(22)8-21-14(24)13(23)20(16(21)25)7-9-4-3-5-28-9/h3-6H,7-8H2,1-2H3,(H,17,18,19,22). The van der Waals surface area contributed by atoms with Crippen molar-refractivity contribution in [1.82, 2.24) is 19.8 Å². The van der Waals surface area contributed by atoms with E-state index in [0.29, 0.717) is 4.90 Å². The van der Waals surface area contributed by atoms with Crippen LogP contribution in [-0.4, -0.2) is 64.3 Å². The first-order valence-corrected chi connectivity index (χ1v) is 8.77. The van der Waals surface area contributed by atoms with Crippen LogP contribution in [0.3, 0.4) is 0 Å². The van der Waals surface area contributed by atoms with Gasteiger partial charge in [0, 0.05) is 4.88 Å². The number of hydrogen-bond acceptors (Lipinski definition) is 9. The Hall–Kier alpha value is -3.54. The summed E-state index contributed by atoms with van der Waals surface area (Å²) in [6, 6.07) is 4.05. The molecular formula is C16H15N5O6S. The Kier molecular flexibility index (Phi) is 5.49. The second-order valence-corrected chi connectivity index (χ2v) is 6.50. The molecule has 3 heterocycles. The maximum absolute atomic E-state index is 12.4. The van der Waals surface area contributed by atoms with E-state index in [1.807, 2.05) is 0 Å². The number of nitrogens with one attached hydrogen (secondary N) is 1. The monoisotopic (exact) mass is 405 g/mol. The Balaban J connectivity index is 1.69. The van der Waals surface area contributed by atoms with Crippen molar-refractivity contribution in [3.05, 3.63) is 28.5 Å². The number of amides is 5. The van der Waals surface area contributed by atoms with E-state index in [2.05, 4.69) is 15.3 Å². The van der Waals surface area contributed by atoms with Crippen molar-refractivity contribution >= 4 is 41.0 Å². The lowest BCUT2D eigenvalue weighted by Crippen LogP contribution is -2.39. The van der Waals surface area contributed by atoms with Crippen molar-refractivity contribution in [2.75, 3.05) is 26.1 Å². The maximum atomic E-state index is 12.4. The predicted octanol–water partition coefficient (Wildman–Crippen LogP) is 0.485. The largest absolute Gasteiger partial charge is 0.481 e. The Morgan fingerprint density at radius 1 is 1.11 bits per heavy atom. The van der Waals surface area contributed by atoms with E-state index in [9.17, 15) is 19.2 Å². The highest BCUT2D eigenvalue weighted by molar-refractivity contribution is 7.09. The van der Waals surface area contributed by atoms with Gasteiger partial charge >= 0.3 is 17.8 Å². The number of aromatic nitrogens is 2. The van der Waals surface area contributed by atoms with Gasteiger partial charge in [0.05, 0.1) is 26.8 Å². The molecule has 0 saturated carbocycles. The number of ether oxygens (including phenoxy) is 2. The molecule has 2 aromatic rings. The topological polar surface area (TPSA) is 131 Å². The van der Waals surface area contributed by atoms with E-state index in [-0.39, 0.29) is 24.3 Å². The predicted molar refractivity (Wildman–Crippen MR) is 95.7 cm³/mol. The van der Waals surface area contributed by atoms with Crippen LogP contribution in [0.5, 0.6) is 11.8 Å². The van der Waals surface area contributed by atoms with Gasteiger partial charge in [0.1, 0.15) is 6.54 Å². The summed E-state index contributed by atoms with van der Waals surface area (Å²) in [5.74, 6) is -2.66. The Bertz CT molecular complexity index is 909. The van der Waals surface area contributed by atoms with Gasteiger partial charge in [-0.1, -0.05) is 6.07 Å². The van der Waals surface area contributed by atoms with Crippen LogP contribution < -0.4 is 14.8 Å². The summed E-state index contributed by atoms with van der Waals surface area (Å²) < 4.78 is 9.95. The number of thiophene rings is 1. The molecule has 1 N–H and O–H groups in total. The highest BCUT2D eigenvalue weighted by atomic mass is 32.1. The molecule has 28 heavy (non-hydrogen) atoms. The molecule has 1 saturated heterocycles. The van der Waals surface area contributed by atoms with Crippen LogP contribution in [0.1, 0.15) is 4.88 Å². The summed E-state index contributed by atoms with van der Waals surface area (Å²) in [5, 5.41) is 4.13. The van der Waals surface area contributed by atoms with E-state index in [0.717, 1.165) is 9.78 Å². The third-order valence-corrected chi connectivity index (χ3v) is 4.54. The molecule has 0 bridgehead atoms. The van der Waals surface area contributed by atoms with Gasteiger partial charge in [-0.15, -0.1) is 11.3 Å². The molecule has 0 aliphatic carbocycles. The minimum Gasteiger partial charge on any atom is -0.481 e. The number of rotatable bonds is 7. The molecule has 0 spiro atoms. The van der Waals surface area contributed by atoms with Gasteiger partial charge in [0.25, 0.3) is 0 Å².